The molecule has 0 bridgehead atoms. The number of unbranched alkanes of at least 4 members (excludes halogenated alkanes) is 2. The Kier molecular flexibility index (Phi) is 7.24. The molecule has 0 saturated carbocycles. The van der Waals surface area contributed by atoms with Gasteiger partial charge in [0.2, 0.25) is 0 Å². The van der Waals surface area contributed by atoms with E-state index in [2.05, 4.69) is 76.0 Å². The van der Waals surface area contributed by atoms with E-state index in [1.54, 1.807) is 0 Å². The Bertz CT molecular complexity index is 404. The average Bonchev–Trinajstić information content (AvgIpc) is 2.41. The Labute approximate surface area is 131 Å². The minimum atomic E-state index is 0.151. The van der Waals surface area contributed by atoms with Crippen LogP contribution in [0.5, 0.6) is 0 Å². The van der Waals surface area contributed by atoms with Gasteiger partial charge in [0.1, 0.15) is 0 Å². The second-order valence-corrected chi connectivity index (χ2v) is 7.23. The molecular weight excluding hydrogens is 256 g/mol. The number of rotatable bonds is 8. The van der Waals surface area contributed by atoms with Gasteiger partial charge in [-0.3, -0.25) is 0 Å². The predicted molar refractivity (Wildman–Crippen MR) is 95.0 cm³/mol. The van der Waals surface area contributed by atoms with Gasteiger partial charge in [-0.15, -0.1) is 0 Å². The van der Waals surface area contributed by atoms with E-state index in [4.69, 9.17) is 0 Å². The van der Waals surface area contributed by atoms with Crippen molar-refractivity contribution >= 4 is 5.69 Å². The summed E-state index contributed by atoms with van der Waals surface area (Å²) in [4.78, 5) is 2.55. The Morgan fingerprint density at radius 1 is 1.10 bits per heavy atom. The second kappa shape index (κ2) is 8.43. The Balaban J connectivity index is 2.86. The van der Waals surface area contributed by atoms with Crippen LogP contribution >= 0.6 is 0 Å². The average molecular weight is 290 g/mol. The SMILES string of the molecule is CCCCCN(c1ccccc1CNC(C)(C)C)C(C)C. The van der Waals surface area contributed by atoms with Crippen molar-refractivity contribution in [3.63, 3.8) is 0 Å². The molecule has 0 aliphatic rings. The van der Waals surface area contributed by atoms with Crippen molar-refractivity contribution < 1.29 is 0 Å². The molecule has 2 nitrogen and oxygen atoms in total. The summed E-state index contributed by atoms with van der Waals surface area (Å²) in [6.45, 7) is 15.6. The first-order valence-corrected chi connectivity index (χ1v) is 8.44. The van der Waals surface area contributed by atoms with Gasteiger partial charge in [0, 0.05) is 30.4 Å². The van der Waals surface area contributed by atoms with Gasteiger partial charge in [-0.25, -0.2) is 0 Å². The van der Waals surface area contributed by atoms with Gasteiger partial charge in [0.05, 0.1) is 0 Å². The van der Waals surface area contributed by atoms with Gasteiger partial charge < -0.3 is 10.2 Å². The Morgan fingerprint density at radius 3 is 2.33 bits per heavy atom. The van der Waals surface area contributed by atoms with Crippen LogP contribution in [-0.2, 0) is 6.54 Å². The molecule has 0 radical (unpaired) electrons. The highest BCUT2D eigenvalue weighted by Gasteiger charge is 2.15. The molecule has 2 heteroatoms. The molecule has 1 rings (SSSR count). The minimum Gasteiger partial charge on any atom is -0.369 e. The zero-order valence-electron chi connectivity index (χ0n) is 14.9. The molecule has 1 aromatic carbocycles. The molecule has 0 unspecified atom stereocenters. The van der Waals surface area contributed by atoms with Gasteiger partial charge in [-0.2, -0.15) is 0 Å². The zero-order valence-corrected chi connectivity index (χ0v) is 14.9. The van der Waals surface area contributed by atoms with Crippen molar-refractivity contribution in [1.82, 2.24) is 5.32 Å². The van der Waals surface area contributed by atoms with E-state index in [9.17, 15) is 0 Å². The molecule has 0 atom stereocenters. The van der Waals surface area contributed by atoms with E-state index in [1.165, 1.54) is 30.5 Å². The summed E-state index contributed by atoms with van der Waals surface area (Å²) in [5, 5.41) is 3.61. The van der Waals surface area contributed by atoms with Crippen LogP contribution in [0.4, 0.5) is 5.69 Å². The Morgan fingerprint density at radius 2 is 1.76 bits per heavy atom. The smallest absolute Gasteiger partial charge is 0.0414 e. The van der Waals surface area contributed by atoms with E-state index < -0.39 is 0 Å². The number of hydrogen-bond acceptors (Lipinski definition) is 2. The summed E-state index contributed by atoms with van der Waals surface area (Å²) < 4.78 is 0. The molecule has 21 heavy (non-hydrogen) atoms. The minimum absolute atomic E-state index is 0.151. The quantitative estimate of drug-likeness (QED) is 0.679. The molecular formula is C19H34N2. The molecule has 0 aliphatic carbocycles. The molecule has 0 saturated heterocycles. The van der Waals surface area contributed by atoms with E-state index in [0.29, 0.717) is 6.04 Å². The number of hydrogen-bond donors (Lipinski definition) is 1. The molecule has 0 aromatic heterocycles. The zero-order chi connectivity index (χ0) is 15.9. The van der Waals surface area contributed by atoms with Crippen LogP contribution in [0.3, 0.4) is 0 Å². The van der Waals surface area contributed by atoms with Gasteiger partial charge in [0.15, 0.2) is 0 Å². The monoisotopic (exact) mass is 290 g/mol. The number of anilines is 1. The lowest BCUT2D eigenvalue weighted by Crippen LogP contribution is -2.37. The highest BCUT2D eigenvalue weighted by molar-refractivity contribution is 5.54. The molecule has 0 fully saturated rings. The van der Waals surface area contributed by atoms with Gasteiger partial charge >= 0.3 is 0 Å². The lowest BCUT2D eigenvalue weighted by molar-refractivity contribution is 0.424. The van der Waals surface area contributed by atoms with E-state index in [-0.39, 0.29) is 5.54 Å². The second-order valence-electron chi connectivity index (χ2n) is 7.23. The lowest BCUT2D eigenvalue weighted by atomic mass is 10.1. The maximum absolute atomic E-state index is 3.61. The largest absolute Gasteiger partial charge is 0.369 e. The topological polar surface area (TPSA) is 15.3 Å². The summed E-state index contributed by atoms with van der Waals surface area (Å²) in [7, 11) is 0. The van der Waals surface area contributed by atoms with Crippen LogP contribution in [0.1, 0.15) is 66.4 Å². The molecule has 0 heterocycles. The van der Waals surface area contributed by atoms with Gasteiger partial charge in [-0.1, -0.05) is 38.0 Å². The highest BCUT2D eigenvalue weighted by Crippen LogP contribution is 2.23. The number of nitrogens with zero attached hydrogens (tertiary/aromatic N) is 1. The summed E-state index contributed by atoms with van der Waals surface area (Å²) in [5.74, 6) is 0. The first kappa shape index (κ1) is 18.0. The summed E-state index contributed by atoms with van der Waals surface area (Å²) in [5.41, 5.74) is 2.94. The third-order valence-electron chi connectivity index (χ3n) is 3.74. The van der Waals surface area contributed by atoms with Crippen LogP contribution in [0.2, 0.25) is 0 Å². The van der Waals surface area contributed by atoms with E-state index in [0.717, 1.165) is 13.1 Å². The molecule has 0 amide bonds. The fourth-order valence-corrected chi connectivity index (χ4v) is 2.49. The first-order chi connectivity index (χ1) is 9.85. The van der Waals surface area contributed by atoms with Crippen LogP contribution < -0.4 is 10.2 Å². The number of para-hydroxylation sites is 1. The fourth-order valence-electron chi connectivity index (χ4n) is 2.49. The van der Waals surface area contributed by atoms with Crippen molar-refractivity contribution in [2.45, 2.75) is 78.9 Å². The van der Waals surface area contributed by atoms with E-state index >= 15 is 0 Å². The highest BCUT2D eigenvalue weighted by atomic mass is 15.2. The fraction of sp³-hybridized carbons (Fsp3) is 0.684. The van der Waals surface area contributed by atoms with Crippen molar-refractivity contribution in [1.29, 1.82) is 0 Å². The molecule has 1 aromatic rings. The van der Waals surface area contributed by atoms with Crippen molar-refractivity contribution in [3.05, 3.63) is 29.8 Å². The lowest BCUT2D eigenvalue weighted by Gasteiger charge is -2.32. The maximum Gasteiger partial charge on any atom is 0.0414 e. The molecule has 1 N–H and O–H groups in total. The molecule has 0 aliphatic heterocycles. The van der Waals surface area contributed by atoms with Crippen molar-refractivity contribution in [3.8, 4) is 0 Å². The number of nitrogens with one attached hydrogen (secondary N) is 1. The van der Waals surface area contributed by atoms with Crippen molar-refractivity contribution in [2.24, 2.45) is 0 Å². The first-order valence-electron chi connectivity index (χ1n) is 8.44. The Hall–Kier alpha value is -1.02. The number of benzene rings is 1. The van der Waals surface area contributed by atoms with Crippen LogP contribution in [0.25, 0.3) is 0 Å². The standard InChI is InChI=1S/C19H34N2/c1-7-8-11-14-21(16(2)3)18-13-10-9-12-17(18)15-20-19(4,5)6/h9-10,12-13,16,20H,7-8,11,14-15H2,1-6H3. The van der Waals surface area contributed by atoms with E-state index in [1.807, 2.05) is 0 Å². The van der Waals surface area contributed by atoms with Gasteiger partial charge in [-0.05, 0) is 52.7 Å². The van der Waals surface area contributed by atoms with Gasteiger partial charge in [0.25, 0.3) is 0 Å². The normalized spacial score (nSPS) is 12.0. The predicted octanol–water partition coefficient (Wildman–Crippen LogP) is 4.98. The summed E-state index contributed by atoms with van der Waals surface area (Å²) in [6, 6.07) is 9.37. The summed E-state index contributed by atoms with van der Waals surface area (Å²) >= 11 is 0. The van der Waals surface area contributed by atoms with Crippen LogP contribution in [-0.4, -0.2) is 18.1 Å². The summed E-state index contributed by atoms with van der Waals surface area (Å²) in [6.07, 6.45) is 3.86. The third-order valence-corrected chi connectivity index (χ3v) is 3.74. The molecule has 120 valence electrons. The van der Waals surface area contributed by atoms with Crippen LogP contribution in [0.15, 0.2) is 24.3 Å². The molecule has 0 spiro atoms. The maximum atomic E-state index is 3.61. The van der Waals surface area contributed by atoms with Crippen molar-refractivity contribution in [2.75, 3.05) is 11.4 Å². The third kappa shape index (κ3) is 6.52. The van der Waals surface area contributed by atoms with Crippen LogP contribution in [0, 0.1) is 0 Å².